The smallest absolute Gasteiger partial charge is 0.243 e. The summed E-state index contributed by atoms with van der Waals surface area (Å²) in [5.41, 5.74) is 24.9. The van der Waals surface area contributed by atoms with Crippen molar-refractivity contribution in [3.8, 4) is 22.6 Å². The third kappa shape index (κ3) is 12.8. The Hall–Kier alpha value is -4.28. The van der Waals surface area contributed by atoms with Gasteiger partial charge in [0, 0.05) is 19.0 Å². The van der Waals surface area contributed by atoms with Crippen LogP contribution in [0, 0.1) is 6.92 Å². The van der Waals surface area contributed by atoms with Gasteiger partial charge in [-0.2, -0.15) is 0 Å². The number of hydrogen-bond donors (Lipinski definition) is 11. The van der Waals surface area contributed by atoms with Crippen LogP contribution in [0.3, 0.4) is 0 Å². The molecule has 0 radical (unpaired) electrons. The molecule has 15 nitrogen and oxygen atoms in total. The molecule has 15 N–H and O–H groups in total. The number of nitrogens with one attached hydrogen (secondary N) is 4. The molecule has 0 saturated heterocycles. The lowest BCUT2D eigenvalue weighted by Crippen LogP contribution is -2.57. The van der Waals surface area contributed by atoms with Crippen LogP contribution in [0.25, 0.3) is 11.1 Å². The molecule has 2 aromatic carbocycles. The van der Waals surface area contributed by atoms with Crippen molar-refractivity contribution in [2.45, 2.75) is 69.6 Å². The summed E-state index contributed by atoms with van der Waals surface area (Å²) in [6, 6.07) is 5.97. The first-order valence-electron chi connectivity index (χ1n) is 15.7. The van der Waals surface area contributed by atoms with Gasteiger partial charge in [-0.25, -0.2) is 0 Å². The van der Waals surface area contributed by atoms with Crippen LogP contribution in [0.2, 0.25) is 0 Å². The Bertz CT molecular complexity index is 1340. The number of phenols is 2. The highest BCUT2D eigenvalue weighted by Gasteiger charge is 2.30. The summed E-state index contributed by atoms with van der Waals surface area (Å²) in [7, 11) is 0. The lowest BCUT2D eigenvalue weighted by atomic mass is 9.96. The van der Waals surface area contributed by atoms with Crippen molar-refractivity contribution in [3.05, 3.63) is 47.5 Å². The molecule has 4 amide bonds. The first-order chi connectivity index (χ1) is 22.4. The van der Waals surface area contributed by atoms with Gasteiger partial charge in [-0.1, -0.05) is 12.1 Å². The van der Waals surface area contributed by atoms with Gasteiger partial charge in [-0.3, -0.25) is 19.2 Å². The van der Waals surface area contributed by atoms with Gasteiger partial charge < -0.3 is 59.5 Å². The highest BCUT2D eigenvalue weighted by Crippen LogP contribution is 2.30. The molecule has 47 heavy (non-hydrogen) atoms. The van der Waals surface area contributed by atoms with E-state index in [4.69, 9.17) is 28.0 Å². The number of aryl methyl sites for hydroxylation is 1. The number of carbonyl (C=O) groups excluding carboxylic acids is 4. The predicted molar refractivity (Wildman–Crippen MR) is 178 cm³/mol. The van der Waals surface area contributed by atoms with E-state index in [0.29, 0.717) is 36.0 Å². The maximum Gasteiger partial charge on any atom is 0.243 e. The molecule has 0 unspecified atom stereocenters. The normalized spacial score (nSPS) is 13.6. The summed E-state index contributed by atoms with van der Waals surface area (Å²) in [5, 5.41) is 40.5. The first kappa shape index (κ1) is 38.9. The molecule has 2 aromatic rings. The van der Waals surface area contributed by atoms with Crippen LogP contribution >= 0.6 is 0 Å². The van der Waals surface area contributed by atoms with Crippen LogP contribution in [-0.4, -0.2) is 95.9 Å². The van der Waals surface area contributed by atoms with E-state index in [1.807, 2.05) is 0 Å². The van der Waals surface area contributed by atoms with Crippen molar-refractivity contribution in [2.24, 2.45) is 22.9 Å². The van der Waals surface area contributed by atoms with Gasteiger partial charge >= 0.3 is 0 Å². The molecule has 2 rings (SSSR count). The number of phenolic OH excluding ortho intramolecular Hbond substituents is 2. The maximum absolute atomic E-state index is 13.8. The summed E-state index contributed by atoms with van der Waals surface area (Å²) in [5.74, 6) is -2.46. The summed E-state index contributed by atoms with van der Waals surface area (Å²) >= 11 is 0. The average molecular weight is 659 g/mol. The average Bonchev–Trinajstić information content (AvgIpc) is 3.06. The molecule has 4 atom stereocenters. The van der Waals surface area contributed by atoms with Gasteiger partial charge in [0.25, 0.3) is 0 Å². The first-order valence-corrected chi connectivity index (χ1v) is 15.7. The minimum atomic E-state index is -1.30. The highest BCUT2D eigenvalue weighted by molar-refractivity contribution is 5.94. The van der Waals surface area contributed by atoms with E-state index in [1.54, 1.807) is 37.3 Å². The summed E-state index contributed by atoms with van der Waals surface area (Å²) in [4.78, 5) is 52.4. The summed E-state index contributed by atoms with van der Waals surface area (Å²) in [6.07, 6.45) is 1.32. The molecule has 0 aliphatic rings. The van der Waals surface area contributed by atoms with Crippen LogP contribution in [0.5, 0.6) is 11.5 Å². The molecule has 0 aliphatic carbocycles. The summed E-state index contributed by atoms with van der Waals surface area (Å²) in [6.45, 7) is 1.83. The predicted octanol–water partition coefficient (Wildman–Crippen LogP) is -1.67. The molecule has 0 spiro atoms. The van der Waals surface area contributed by atoms with E-state index >= 15 is 0 Å². The quantitative estimate of drug-likeness (QED) is 0.0765. The number of hydrogen-bond acceptors (Lipinski definition) is 11. The Morgan fingerprint density at radius 1 is 0.745 bits per heavy atom. The number of nitrogens with two attached hydrogens (primary N) is 4. The Kier molecular flexibility index (Phi) is 16.6. The molecule has 0 aromatic heterocycles. The van der Waals surface area contributed by atoms with Gasteiger partial charge in [0.2, 0.25) is 23.6 Å². The van der Waals surface area contributed by atoms with Crippen molar-refractivity contribution in [1.29, 1.82) is 0 Å². The van der Waals surface area contributed by atoms with E-state index in [-0.39, 0.29) is 63.5 Å². The molecular formula is C32H50N8O7. The zero-order chi connectivity index (χ0) is 34.9. The van der Waals surface area contributed by atoms with Crippen LogP contribution in [0.1, 0.15) is 43.2 Å². The van der Waals surface area contributed by atoms with Crippen molar-refractivity contribution in [2.75, 3.05) is 32.8 Å². The van der Waals surface area contributed by atoms with Gasteiger partial charge in [-0.05, 0) is 98.6 Å². The topological polar surface area (TPSA) is 281 Å². The maximum atomic E-state index is 13.8. The number of aliphatic hydroxyl groups is 1. The van der Waals surface area contributed by atoms with Crippen LogP contribution in [0.15, 0.2) is 36.4 Å². The number of aromatic hydroxyl groups is 2. The molecule has 0 bridgehead atoms. The van der Waals surface area contributed by atoms with Crippen molar-refractivity contribution in [1.82, 2.24) is 21.3 Å². The van der Waals surface area contributed by atoms with E-state index in [9.17, 15) is 29.4 Å². The lowest BCUT2D eigenvalue weighted by molar-refractivity contribution is -0.133. The molecule has 0 aliphatic heterocycles. The molecule has 0 fully saturated rings. The Morgan fingerprint density at radius 2 is 1.30 bits per heavy atom. The number of rotatable bonds is 20. The Labute approximate surface area is 274 Å². The lowest BCUT2D eigenvalue weighted by Gasteiger charge is -2.26. The Balaban J connectivity index is 2.43. The fourth-order valence-corrected chi connectivity index (χ4v) is 4.77. The van der Waals surface area contributed by atoms with Crippen molar-refractivity contribution >= 4 is 23.6 Å². The third-order valence-electron chi connectivity index (χ3n) is 7.58. The van der Waals surface area contributed by atoms with E-state index < -0.39 is 47.8 Å². The number of carbonyl (C=O) groups is 4. The molecule has 15 heteroatoms. The SMILES string of the molecule is Cc1cc(-c2ccc(O)c(C[C@H](NC(=O)[C@H](CCCN)NC(=O)CN)C(=O)N[C@@H](CCCN)C(=O)NCC[C@H](N)CO)c2)ccc1O. The van der Waals surface area contributed by atoms with Gasteiger partial charge in [0.15, 0.2) is 0 Å². The van der Waals surface area contributed by atoms with Gasteiger partial charge in [0.1, 0.15) is 29.6 Å². The number of amides is 4. The second-order valence-corrected chi connectivity index (χ2v) is 11.4. The summed E-state index contributed by atoms with van der Waals surface area (Å²) < 4.78 is 0. The Morgan fingerprint density at radius 3 is 1.87 bits per heavy atom. The second kappa shape index (κ2) is 20.1. The standard InChI is InChI=1S/C32H50N8O7/c1-19-14-20(6-8-27(19)42)21-7-9-28(43)22(15-21)16-26(40-31(46)25(5-3-12-34)38-29(44)17-35)32(47)39-24(4-2-11-33)30(45)37-13-10-23(36)18-41/h6-9,14-15,23-26,41-43H,2-5,10-13,16-18,33-36H2,1H3,(H,37,45)(H,38,44)(H,39,47)(H,40,46)/t23-,24-,25-,26-/m0/s1. The minimum absolute atomic E-state index is 0.127. The molecular weight excluding hydrogens is 608 g/mol. The van der Waals surface area contributed by atoms with Crippen LogP contribution < -0.4 is 44.2 Å². The third-order valence-corrected chi connectivity index (χ3v) is 7.58. The van der Waals surface area contributed by atoms with Crippen LogP contribution in [0.4, 0.5) is 0 Å². The minimum Gasteiger partial charge on any atom is -0.508 e. The van der Waals surface area contributed by atoms with Gasteiger partial charge in [-0.15, -0.1) is 0 Å². The number of benzene rings is 2. The molecule has 0 heterocycles. The van der Waals surface area contributed by atoms with Gasteiger partial charge in [0.05, 0.1) is 13.2 Å². The van der Waals surface area contributed by atoms with Crippen molar-refractivity contribution < 1.29 is 34.5 Å². The fourth-order valence-electron chi connectivity index (χ4n) is 4.77. The zero-order valence-electron chi connectivity index (χ0n) is 26.8. The zero-order valence-corrected chi connectivity index (χ0v) is 26.8. The number of aliphatic hydroxyl groups excluding tert-OH is 1. The van der Waals surface area contributed by atoms with E-state index in [1.165, 1.54) is 6.07 Å². The monoisotopic (exact) mass is 658 g/mol. The van der Waals surface area contributed by atoms with E-state index in [0.717, 1.165) is 5.56 Å². The fraction of sp³-hybridized carbons (Fsp3) is 0.500. The molecule has 260 valence electrons. The van der Waals surface area contributed by atoms with Crippen molar-refractivity contribution in [3.63, 3.8) is 0 Å². The highest BCUT2D eigenvalue weighted by atomic mass is 16.3. The van der Waals surface area contributed by atoms with Crippen LogP contribution in [-0.2, 0) is 25.6 Å². The second-order valence-electron chi connectivity index (χ2n) is 11.4. The molecule has 0 saturated carbocycles. The van der Waals surface area contributed by atoms with E-state index in [2.05, 4.69) is 21.3 Å². The largest absolute Gasteiger partial charge is 0.508 e.